The summed E-state index contributed by atoms with van der Waals surface area (Å²) in [7, 11) is 1.65. The van der Waals surface area contributed by atoms with E-state index in [1.54, 1.807) is 13.3 Å². The summed E-state index contributed by atoms with van der Waals surface area (Å²) in [6, 6.07) is 5.85. The fourth-order valence-corrected chi connectivity index (χ4v) is 1.96. The van der Waals surface area contributed by atoms with E-state index in [-0.39, 0.29) is 0 Å². The van der Waals surface area contributed by atoms with Crippen molar-refractivity contribution in [2.45, 2.75) is 13.5 Å². The Morgan fingerprint density at radius 1 is 1.47 bits per heavy atom. The zero-order valence-electron chi connectivity index (χ0n) is 9.77. The fourth-order valence-electron chi connectivity index (χ4n) is 1.56. The van der Waals surface area contributed by atoms with Crippen LogP contribution >= 0.6 is 15.9 Å². The second-order valence-electron chi connectivity index (χ2n) is 3.51. The van der Waals surface area contributed by atoms with Crippen LogP contribution in [0.1, 0.15) is 6.92 Å². The molecule has 1 aromatic heterocycles. The first kappa shape index (κ1) is 12.0. The number of hydrogen-bond acceptors (Lipinski definition) is 3. The minimum absolute atomic E-state index is 0.796. The second kappa shape index (κ2) is 5.23. The molecule has 0 saturated heterocycles. The molecular weight excluding hydrogens is 282 g/mol. The van der Waals surface area contributed by atoms with Crippen LogP contribution in [0, 0.1) is 0 Å². The molecule has 0 spiro atoms. The highest BCUT2D eigenvalue weighted by atomic mass is 79.9. The van der Waals surface area contributed by atoms with Gasteiger partial charge in [-0.1, -0.05) is 0 Å². The Morgan fingerprint density at radius 2 is 2.29 bits per heavy atom. The zero-order valence-corrected chi connectivity index (χ0v) is 11.4. The predicted octanol–water partition coefficient (Wildman–Crippen LogP) is 3.42. The van der Waals surface area contributed by atoms with Crippen LogP contribution in [0.5, 0.6) is 5.75 Å². The molecule has 0 unspecified atom stereocenters. The number of methoxy groups -OCH3 is 1. The van der Waals surface area contributed by atoms with Gasteiger partial charge in [0.2, 0.25) is 5.95 Å². The molecule has 0 saturated carbocycles. The number of ether oxygens (including phenoxy) is 1. The Kier molecular flexibility index (Phi) is 3.68. The standard InChI is InChI=1S/C12H14BrN3O/c1-3-16-7-6-14-12(16)15-9-4-5-10(13)11(8-9)17-2/h4-8H,3H2,1-2H3,(H,14,15). The molecule has 0 aliphatic carbocycles. The van der Waals surface area contributed by atoms with Gasteiger partial charge in [-0.25, -0.2) is 4.98 Å². The first-order valence-corrected chi connectivity index (χ1v) is 6.15. The number of anilines is 2. The molecule has 4 nitrogen and oxygen atoms in total. The maximum absolute atomic E-state index is 5.25. The van der Waals surface area contributed by atoms with Crippen molar-refractivity contribution in [3.8, 4) is 5.75 Å². The van der Waals surface area contributed by atoms with Crippen molar-refractivity contribution in [1.82, 2.24) is 9.55 Å². The van der Waals surface area contributed by atoms with Crippen LogP contribution in [-0.2, 0) is 6.54 Å². The number of rotatable bonds is 4. The number of aryl methyl sites for hydroxylation is 1. The molecule has 2 rings (SSSR count). The summed E-state index contributed by atoms with van der Waals surface area (Å²) in [6.07, 6.45) is 3.72. The number of nitrogens with zero attached hydrogens (tertiary/aromatic N) is 2. The van der Waals surface area contributed by atoms with Gasteiger partial charge in [0.05, 0.1) is 11.6 Å². The molecule has 0 amide bonds. The maximum Gasteiger partial charge on any atom is 0.207 e. The summed E-state index contributed by atoms with van der Waals surface area (Å²) in [6.45, 7) is 2.96. The smallest absolute Gasteiger partial charge is 0.207 e. The summed E-state index contributed by atoms with van der Waals surface area (Å²) in [4.78, 5) is 4.26. The van der Waals surface area contributed by atoms with Gasteiger partial charge in [0.15, 0.2) is 0 Å². The van der Waals surface area contributed by atoms with E-state index in [1.807, 2.05) is 29.0 Å². The number of aromatic nitrogens is 2. The van der Waals surface area contributed by atoms with Gasteiger partial charge in [0.1, 0.15) is 5.75 Å². The monoisotopic (exact) mass is 295 g/mol. The first-order chi connectivity index (χ1) is 8.24. The van der Waals surface area contributed by atoms with Crippen LogP contribution in [0.15, 0.2) is 35.1 Å². The van der Waals surface area contributed by atoms with Crippen LogP contribution in [0.4, 0.5) is 11.6 Å². The predicted molar refractivity (Wildman–Crippen MR) is 71.9 cm³/mol. The lowest BCUT2D eigenvalue weighted by Gasteiger charge is -2.10. The van der Waals surface area contributed by atoms with E-state index in [2.05, 4.69) is 33.2 Å². The minimum Gasteiger partial charge on any atom is -0.495 e. The van der Waals surface area contributed by atoms with Crippen LogP contribution in [0.25, 0.3) is 0 Å². The Bertz CT molecular complexity index is 510. The van der Waals surface area contributed by atoms with E-state index < -0.39 is 0 Å². The third-order valence-electron chi connectivity index (χ3n) is 2.46. The normalized spacial score (nSPS) is 10.3. The van der Waals surface area contributed by atoms with Crippen molar-refractivity contribution in [3.05, 3.63) is 35.1 Å². The molecule has 0 fully saturated rings. The molecular formula is C12H14BrN3O. The summed E-state index contributed by atoms with van der Waals surface area (Å²) in [5.41, 5.74) is 0.950. The van der Waals surface area contributed by atoms with E-state index in [4.69, 9.17) is 4.74 Å². The lowest BCUT2D eigenvalue weighted by Crippen LogP contribution is -2.01. The van der Waals surface area contributed by atoms with E-state index in [0.717, 1.165) is 28.4 Å². The number of imidazole rings is 1. The number of hydrogen-bond donors (Lipinski definition) is 1. The van der Waals surface area contributed by atoms with Gasteiger partial charge in [-0.05, 0) is 35.0 Å². The molecule has 0 aliphatic rings. The third kappa shape index (κ3) is 2.61. The van der Waals surface area contributed by atoms with Gasteiger partial charge in [-0.3, -0.25) is 0 Å². The van der Waals surface area contributed by atoms with Gasteiger partial charge < -0.3 is 14.6 Å². The molecule has 0 radical (unpaired) electrons. The zero-order chi connectivity index (χ0) is 12.3. The largest absolute Gasteiger partial charge is 0.495 e. The summed E-state index contributed by atoms with van der Waals surface area (Å²) in [5.74, 6) is 1.63. The summed E-state index contributed by atoms with van der Waals surface area (Å²) >= 11 is 3.42. The van der Waals surface area contributed by atoms with Crippen molar-refractivity contribution >= 4 is 27.6 Å². The maximum atomic E-state index is 5.25. The van der Waals surface area contributed by atoms with Gasteiger partial charge >= 0.3 is 0 Å². The molecule has 1 heterocycles. The average molecular weight is 296 g/mol. The van der Waals surface area contributed by atoms with Crippen LogP contribution < -0.4 is 10.1 Å². The van der Waals surface area contributed by atoms with Crippen molar-refractivity contribution in [3.63, 3.8) is 0 Å². The van der Waals surface area contributed by atoms with Crippen molar-refractivity contribution < 1.29 is 4.74 Å². The van der Waals surface area contributed by atoms with E-state index in [9.17, 15) is 0 Å². The average Bonchev–Trinajstić information content (AvgIpc) is 2.79. The van der Waals surface area contributed by atoms with Gasteiger partial charge in [-0.2, -0.15) is 0 Å². The topological polar surface area (TPSA) is 39.1 Å². The Labute approximate surface area is 109 Å². The van der Waals surface area contributed by atoms with E-state index in [1.165, 1.54) is 0 Å². The third-order valence-corrected chi connectivity index (χ3v) is 3.12. The van der Waals surface area contributed by atoms with Crippen LogP contribution in [0.2, 0.25) is 0 Å². The number of benzene rings is 1. The molecule has 1 N–H and O–H groups in total. The van der Waals surface area contributed by atoms with Crippen molar-refractivity contribution in [2.75, 3.05) is 12.4 Å². The molecule has 17 heavy (non-hydrogen) atoms. The van der Waals surface area contributed by atoms with Gasteiger partial charge in [0.25, 0.3) is 0 Å². The number of halogens is 1. The van der Waals surface area contributed by atoms with E-state index >= 15 is 0 Å². The lowest BCUT2D eigenvalue weighted by molar-refractivity contribution is 0.412. The first-order valence-electron chi connectivity index (χ1n) is 5.36. The molecule has 90 valence electrons. The van der Waals surface area contributed by atoms with Crippen molar-refractivity contribution in [1.29, 1.82) is 0 Å². The minimum atomic E-state index is 0.796. The highest BCUT2D eigenvalue weighted by molar-refractivity contribution is 9.10. The van der Waals surface area contributed by atoms with Crippen molar-refractivity contribution in [2.24, 2.45) is 0 Å². The molecule has 1 aromatic carbocycles. The molecule has 0 atom stereocenters. The van der Waals surface area contributed by atoms with Crippen LogP contribution in [-0.4, -0.2) is 16.7 Å². The number of nitrogens with one attached hydrogen (secondary N) is 1. The lowest BCUT2D eigenvalue weighted by atomic mass is 10.3. The molecule has 0 bridgehead atoms. The molecule has 5 heteroatoms. The highest BCUT2D eigenvalue weighted by Crippen LogP contribution is 2.29. The van der Waals surface area contributed by atoms with Gasteiger partial charge in [-0.15, -0.1) is 0 Å². The Morgan fingerprint density at radius 3 is 3.00 bits per heavy atom. The Balaban J connectivity index is 2.24. The summed E-state index contributed by atoms with van der Waals surface area (Å²) in [5, 5.41) is 3.26. The molecule has 2 aromatic rings. The highest BCUT2D eigenvalue weighted by Gasteiger charge is 2.04. The van der Waals surface area contributed by atoms with Gasteiger partial charge in [0, 0.05) is 30.7 Å². The Hall–Kier alpha value is -1.49. The fraction of sp³-hybridized carbons (Fsp3) is 0.250. The SMILES string of the molecule is CCn1ccnc1Nc1ccc(Br)c(OC)c1. The summed E-state index contributed by atoms with van der Waals surface area (Å²) < 4.78 is 8.22. The second-order valence-corrected chi connectivity index (χ2v) is 4.37. The van der Waals surface area contributed by atoms with E-state index in [0.29, 0.717) is 0 Å². The quantitative estimate of drug-likeness (QED) is 0.939. The molecule has 0 aliphatic heterocycles. The van der Waals surface area contributed by atoms with Crippen LogP contribution in [0.3, 0.4) is 0 Å².